The highest BCUT2D eigenvalue weighted by molar-refractivity contribution is 4.92. The van der Waals surface area contributed by atoms with Gasteiger partial charge in [0, 0.05) is 13.2 Å². The molecule has 0 heterocycles. The predicted octanol–water partition coefficient (Wildman–Crippen LogP) is 3.22. The third-order valence-electron chi connectivity index (χ3n) is 3.77. The molecule has 0 aromatic rings. The van der Waals surface area contributed by atoms with Crippen molar-refractivity contribution in [1.29, 1.82) is 0 Å². The Morgan fingerprint density at radius 3 is 1.93 bits per heavy atom. The van der Waals surface area contributed by atoms with Crippen LogP contribution in [0.2, 0.25) is 0 Å². The van der Waals surface area contributed by atoms with Gasteiger partial charge in [-0.05, 0) is 25.8 Å². The zero-order valence-corrected chi connectivity index (χ0v) is 11.4. The average Bonchev–Trinajstić information content (AvgIpc) is 2.28. The van der Waals surface area contributed by atoms with Crippen LogP contribution in [0, 0.1) is 5.92 Å². The molecule has 0 rings (SSSR count). The Labute approximate surface area is 95.8 Å². The lowest BCUT2D eigenvalue weighted by Gasteiger charge is -2.40. The van der Waals surface area contributed by atoms with Gasteiger partial charge >= 0.3 is 0 Å². The van der Waals surface area contributed by atoms with Crippen LogP contribution in [-0.2, 0) is 4.74 Å². The van der Waals surface area contributed by atoms with E-state index in [1.807, 2.05) is 7.11 Å². The minimum absolute atomic E-state index is 0.0350. The van der Waals surface area contributed by atoms with Gasteiger partial charge < -0.3 is 10.1 Å². The summed E-state index contributed by atoms with van der Waals surface area (Å²) in [7, 11) is 1.83. The Morgan fingerprint density at radius 1 is 1.13 bits per heavy atom. The molecule has 92 valence electrons. The van der Waals surface area contributed by atoms with Crippen LogP contribution in [0.15, 0.2) is 0 Å². The topological polar surface area (TPSA) is 21.3 Å². The second-order valence-electron chi connectivity index (χ2n) is 4.48. The number of likely N-dealkylation sites (N-methyl/N-ethyl adjacent to an activating group) is 1. The number of rotatable bonds is 8. The number of hydrogen-bond donors (Lipinski definition) is 1. The Morgan fingerprint density at radius 2 is 1.67 bits per heavy atom. The first-order chi connectivity index (χ1) is 7.09. The minimum atomic E-state index is -0.0350. The van der Waals surface area contributed by atoms with E-state index in [4.69, 9.17) is 4.74 Å². The summed E-state index contributed by atoms with van der Waals surface area (Å²) in [5.41, 5.74) is -0.0350. The van der Waals surface area contributed by atoms with Crippen molar-refractivity contribution in [3.8, 4) is 0 Å². The molecule has 0 aromatic heterocycles. The van der Waals surface area contributed by atoms with Crippen molar-refractivity contribution in [3.63, 3.8) is 0 Å². The molecule has 0 spiro atoms. The fourth-order valence-electron chi connectivity index (χ4n) is 2.35. The summed E-state index contributed by atoms with van der Waals surface area (Å²) in [6, 6.07) is 0.465. The summed E-state index contributed by atoms with van der Waals surface area (Å²) in [6.45, 7) is 12.1. The van der Waals surface area contributed by atoms with Crippen molar-refractivity contribution in [2.45, 2.75) is 65.5 Å². The van der Waals surface area contributed by atoms with Crippen LogP contribution in [0.1, 0.15) is 53.9 Å². The van der Waals surface area contributed by atoms with E-state index in [2.05, 4.69) is 39.9 Å². The zero-order valence-electron chi connectivity index (χ0n) is 11.4. The lowest BCUT2D eigenvalue weighted by atomic mass is 9.81. The fraction of sp³-hybridized carbons (Fsp3) is 1.00. The Hall–Kier alpha value is -0.0800. The molecule has 0 radical (unpaired) electrons. The van der Waals surface area contributed by atoms with Gasteiger partial charge in [0.25, 0.3) is 0 Å². The number of methoxy groups -OCH3 is 1. The molecule has 0 aliphatic heterocycles. The summed E-state index contributed by atoms with van der Waals surface area (Å²) < 4.78 is 5.72. The third kappa shape index (κ3) is 3.76. The van der Waals surface area contributed by atoms with Gasteiger partial charge in [0.1, 0.15) is 0 Å². The predicted molar refractivity (Wildman–Crippen MR) is 67.2 cm³/mol. The summed E-state index contributed by atoms with van der Waals surface area (Å²) in [6.07, 6.45) is 3.48. The molecule has 0 aliphatic rings. The van der Waals surface area contributed by atoms with E-state index >= 15 is 0 Å². The highest BCUT2D eigenvalue weighted by Crippen LogP contribution is 2.28. The third-order valence-corrected chi connectivity index (χ3v) is 3.77. The van der Waals surface area contributed by atoms with Crippen molar-refractivity contribution >= 4 is 0 Å². The normalized spacial score (nSPS) is 17.8. The van der Waals surface area contributed by atoms with Crippen molar-refractivity contribution in [2.24, 2.45) is 5.92 Å². The quantitative estimate of drug-likeness (QED) is 0.671. The molecule has 2 unspecified atom stereocenters. The van der Waals surface area contributed by atoms with Gasteiger partial charge in [-0.15, -0.1) is 0 Å². The largest absolute Gasteiger partial charge is 0.377 e. The molecule has 0 saturated carbocycles. The first-order valence-electron chi connectivity index (χ1n) is 6.38. The molecule has 0 amide bonds. The van der Waals surface area contributed by atoms with Gasteiger partial charge in [0.05, 0.1) is 5.60 Å². The Balaban J connectivity index is 4.74. The van der Waals surface area contributed by atoms with Gasteiger partial charge in [-0.2, -0.15) is 0 Å². The van der Waals surface area contributed by atoms with Crippen LogP contribution >= 0.6 is 0 Å². The van der Waals surface area contributed by atoms with Crippen molar-refractivity contribution < 1.29 is 4.74 Å². The van der Waals surface area contributed by atoms with Crippen molar-refractivity contribution in [3.05, 3.63) is 0 Å². The van der Waals surface area contributed by atoms with Gasteiger partial charge in [0.2, 0.25) is 0 Å². The highest BCUT2D eigenvalue weighted by atomic mass is 16.5. The lowest BCUT2D eigenvalue weighted by molar-refractivity contribution is -0.0461. The monoisotopic (exact) mass is 215 g/mol. The molecule has 0 fully saturated rings. The summed E-state index contributed by atoms with van der Waals surface area (Å²) in [5.74, 6) is 0.704. The lowest BCUT2D eigenvalue weighted by Crippen LogP contribution is -2.53. The van der Waals surface area contributed by atoms with E-state index < -0.39 is 0 Å². The second-order valence-corrected chi connectivity index (χ2v) is 4.48. The van der Waals surface area contributed by atoms with E-state index in [0.717, 1.165) is 13.0 Å². The van der Waals surface area contributed by atoms with E-state index in [0.29, 0.717) is 12.0 Å². The van der Waals surface area contributed by atoms with Gasteiger partial charge in [-0.1, -0.05) is 40.5 Å². The second kappa shape index (κ2) is 7.24. The van der Waals surface area contributed by atoms with Crippen LogP contribution in [0.3, 0.4) is 0 Å². The maximum absolute atomic E-state index is 5.72. The molecule has 0 aliphatic carbocycles. The van der Waals surface area contributed by atoms with Gasteiger partial charge in [-0.25, -0.2) is 0 Å². The molecule has 15 heavy (non-hydrogen) atoms. The molecule has 2 nitrogen and oxygen atoms in total. The number of hydrogen-bond acceptors (Lipinski definition) is 2. The number of ether oxygens (including phenoxy) is 1. The number of nitrogens with one attached hydrogen (secondary N) is 1. The highest BCUT2D eigenvalue weighted by Gasteiger charge is 2.36. The molecular formula is C13H29NO. The van der Waals surface area contributed by atoms with Crippen LogP contribution in [-0.4, -0.2) is 25.3 Å². The van der Waals surface area contributed by atoms with Crippen LogP contribution in [0.4, 0.5) is 0 Å². The molecule has 2 heteroatoms. The Bertz CT molecular complexity index is 151. The molecule has 0 bridgehead atoms. The van der Waals surface area contributed by atoms with Crippen molar-refractivity contribution in [2.75, 3.05) is 13.7 Å². The molecule has 0 aromatic carbocycles. The maximum Gasteiger partial charge on any atom is 0.0803 e. The van der Waals surface area contributed by atoms with E-state index in [1.165, 1.54) is 12.8 Å². The van der Waals surface area contributed by atoms with Crippen LogP contribution in [0.25, 0.3) is 0 Å². The molecular weight excluding hydrogens is 186 g/mol. The first-order valence-corrected chi connectivity index (χ1v) is 6.38. The van der Waals surface area contributed by atoms with Crippen molar-refractivity contribution in [1.82, 2.24) is 5.32 Å². The van der Waals surface area contributed by atoms with Gasteiger partial charge in [-0.3, -0.25) is 0 Å². The summed E-state index contributed by atoms with van der Waals surface area (Å²) >= 11 is 0. The maximum atomic E-state index is 5.72. The Kier molecular flexibility index (Phi) is 7.20. The molecule has 0 saturated heterocycles. The summed E-state index contributed by atoms with van der Waals surface area (Å²) in [4.78, 5) is 0. The zero-order chi connectivity index (χ0) is 11.9. The van der Waals surface area contributed by atoms with E-state index in [-0.39, 0.29) is 5.60 Å². The van der Waals surface area contributed by atoms with E-state index in [1.54, 1.807) is 0 Å². The average molecular weight is 215 g/mol. The van der Waals surface area contributed by atoms with Crippen LogP contribution in [0.5, 0.6) is 0 Å². The van der Waals surface area contributed by atoms with Crippen LogP contribution < -0.4 is 5.32 Å². The first kappa shape index (κ1) is 14.9. The fourth-order valence-corrected chi connectivity index (χ4v) is 2.35. The standard InChI is InChI=1S/C13H29NO/c1-7-11(8-2)12(14-10-4)13(5,9-3)15-6/h11-12,14H,7-10H2,1-6H3. The van der Waals surface area contributed by atoms with E-state index in [9.17, 15) is 0 Å². The smallest absolute Gasteiger partial charge is 0.0803 e. The SMILES string of the molecule is CCNC(C(CC)CC)C(C)(CC)OC. The van der Waals surface area contributed by atoms with Gasteiger partial charge in [0.15, 0.2) is 0 Å². The minimum Gasteiger partial charge on any atom is -0.377 e. The molecule has 1 N–H and O–H groups in total. The summed E-state index contributed by atoms with van der Waals surface area (Å²) in [5, 5.41) is 3.60. The molecule has 2 atom stereocenters.